The Morgan fingerprint density at radius 2 is 1.84 bits per heavy atom. The van der Waals surface area contributed by atoms with Crippen molar-refractivity contribution in [3.05, 3.63) is 70.3 Å². The Morgan fingerprint density at radius 1 is 1.11 bits per heavy atom. The number of fused-ring (bicyclic) bond motifs is 1. The zero-order chi connectivity index (χ0) is 13.2. The van der Waals surface area contributed by atoms with Crippen molar-refractivity contribution in [1.29, 1.82) is 0 Å². The van der Waals surface area contributed by atoms with E-state index in [9.17, 15) is 9.18 Å². The van der Waals surface area contributed by atoms with Crippen LogP contribution in [0.4, 0.5) is 4.39 Å². The van der Waals surface area contributed by atoms with Crippen LogP contribution in [-0.2, 0) is 0 Å². The minimum atomic E-state index is -0.361. The van der Waals surface area contributed by atoms with E-state index in [-0.39, 0.29) is 11.4 Å². The molecule has 0 aliphatic heterocycles. The van der Waals surface area contributed by atoms with Gasteiger partial charge in [0.15, 0.2) is 0 Å². The molecule has 0 unspecified atom stereocenters. The Balaban J connectivity index is 2.05. The number of hydrogen-bond donors (Lipinski definition) is 0. The van der Waals surface area contributed by atoms with Crippen LogP contribution in [-0.4, -0.2) is 10.3 Å². The number of benzene rings is 2. The highest BCUT2D eigenvalue weighted by molar-refractivity contribution is 7.13. The summed E-state index contributed by atoms with van der Waals surface area (Å²) in [6, 6.07) is 13.6. The zero-order valence-corrected chi connectivity index (χ0v) is 10.6. The number of nitrogens with zero attached hydrogens (tertiary/aromatic N) is 2. The van der Waals surface area contributed by atoms with Crippen LogP contribution >= 0.6 is 11.5 Å². The molecule has 94 valence electrons. The van der Waals surface area contributed by atoms with Gasteiger partial charge in [0, 0.05) is 5.56 Å². The molecule has 0 aliphatic carbocycles. The van der Waals surface area contributed by atoms with Gasteiger partial charge in [-0.2, -0.15) is 5.10 Å². The van der Waals surface area contributed by atoms with Gasteiger partial charge in [-0.3, -0.25) is 4.79 Å². The predicted molar refractivity (Wildman–Crippen MR) is 75.5 cm³/mol. The smallest absolute Gasteiger partial charge is 0.266 e. The molecule has 3 aromatic rings. The minimum Gasteiger partial charge on any atom is -0.266 e. The van der Waals surface area contributed by atoms with Crippen molar-refractivity contribution in [3.8, 4) is 0 Å². The van der Waals surface area contributed by atoms with Crippen LogP contribution < -0.4 is 5.56 Å². The molecule has 1 aromatic heterocycles. The van der Waals surface area contributed by atoms with Gasteiger partial charge in [-0.1, -0.05) is 30.3 Å². The minimum absolute atomic E-state index is 0.187. The number of aromatic nitrogens is 1. The van der Waals surface area contributed by atoms with Crippen molar-refractivity contribution in [3.63, 3.8) is 0 Å². The van der Waals surface area contributed by atoms with Crippen molar-refractivity contribution < 1.29 is 4.39 Å². The average Bonchev–Trinajstić information content (AvgIpc) is 2.75. The Labute approximate surface area is 112 Å². The monoisotopic (exact) mass is 272 g/mol. The maximum atomic E-state index is 13.4. The first kappa shape index (κ1) is 11.8. The molecule has 5 heteroatoms. The second-order valence-electron chi connectivity index (χ2n) is 3.93. The lowest BCUT2D eigenvalue weighted by Gasteiger charge is -1.94. The largest absolute Gasteiger partial charge is 0.289 e. The highest BCUT2D eigenvalue weighted by atomic mass is 32.1. The average molecular weight is 272 g/mol. The molecule has 3 rings (SSSR count). The van der Waals surface area contributed by atoms with Gasteiger partial charge >= 0.3 is 0 Å². The lowest BCUT2D eigenvalue weighted by Crippen LogP contribution is -2.08. The second-order valence-corrected chi connectivity index (χ2v) is 4.90. The van der Waals surface area contributed by atoms with Gasteiger partial charge in [-0.05, 0) is 29.7 Å². The van der Waals surface area contributed by atoms with Crippen molar-refractivity contribution >= 4 is 27.8 Å². The van der Waals surface area contributed by atoms with Crippen LogP contribution in [0.5, 0.6) is 0 Å². The maximum Gasteiger partial charge on any atom is 0.289 e. The van der Waals surface area contributed by atoms with Crippen LogP contribution in [0.15, 0.2) is 58.4 Å². The van der Waals surface area contributed by atoms with E-state index in [1.54, 1.807) is 30.3 Å². The Kier molecular flexibility index (Phi) is 2.97. The van der Waals surface area contributed by atoms with Crippen LogP contribution in [0.2, 0.25) is 0 Å². The highest BCUT2D eigenvalue weighted by Crippen LogP contribution is 2.15. The summed E-state index contributed by atoms with van der Waals surface area (Å²) in [4.78, 5) is 12.0. The van der Waals surface area contributed by atoms with Gasteiger partial charge < -0.3 is 0 Å². The predicted octanol–water partition coefficient (Wildman–Crippen LogP) is 3.08. The van der Waals surface area contributed by atoms with E-state index in [2.05, 4.69) is 5.10 Å². The van der Waals surface area contributed by atoms with E-state index in [1.807, 2.05) is 12.1 Å². The lowest BCUT2D eigenvalue weighted by molar-refractivity contribution is 0.626. The molecule has 2 aromatic carbocycles. The van der Waals surface area contributed by atoms with E-state index in [1.165, 1.54) is 27.9 Å². The summed E-state index contributed by atoms with van der Waals surface area (Å²) in [6.45, 7) is 0. The fraction of sp³-hybridized carbons (Fsp3) is 0. The third kappa shape index (κ3) is 2.20. The molecule has 0 N–H and O–H groups in total. The van der Waals surface area contributed by atoms with Gasteiger partial charge in [0.25, 0.3) is 5.56 Å². The third-order valence-electron chi connectivity index (χ3n) is 2.68. The van der Waals surface area contributed by atoms with Gasteiger partial charge in [0.2, 0.25) is 0 Å². The van der Waals surface area contributed by atoms with Gasteiger partial charge in [-0.25, -0.2) is 4.39 Å². The molecule has 0 saturated heterocycles. The maximum absolute atomic E-state index is 13.4. The number of halogens is 1. The third-order valence-corrected chi connectivity index (χ3v) is 3.67. The van der Waals surface area contributed by atoms with Crippen LogP contribution in [0.1, 0.15) is 5.56 Å². The van der Waals surface area contributed by atoms with E-state index in [0.717, 1.165) is 4.70 Å². The normalized spacial score (nSPS) is 11.4. The molecule has 0 fully saturated rings. The van der Waals surface area contributed by atoms with E-state index in [4.69, 9.17) is 0 Å². The molecule has 1 heterocycles. The van der Waals surface area contributed by atoms with Gasteiger partial charge in [0.1, 0.15) is 5.82 Å². The van der Waals surface area contributed by atoms with Crippen molar-refractivity contribution in [2.24, 2.45) is 5.10 Å². The summed E-state index contributed by atoms with van der Waals surface area (Å²) in [6.07, 6.45) is 1.35. The van der Waals surface area contributed by atoms with Crippen molar-refractivity contribution in [1.82, 2.24) is 4.07 Å². The zero-order valence-electron chi connectivity index (χ0n) is 9.79. The van der Waals surface area contributed by atoms with Crippen molar-refractivity contribution in [2.45, 2.75) is 0 Å². The Bertz CT molecular complexity index is 819. The first-order valence-electron chi connectivity index (χ1n) is 5.65. The summed E-state index contributed by atoms with van der Waals surface area (Å²) in [5.41, 5.74) is 0.167. The molecule has 0 spiro atoms. The second kappa shape index (κ2) is 4.78. The SMILES string of the molecule is O=c1c2ccccc2sn1/N=C/c1ccccc1F. The fourth-order valence-corrected chi connectivity index (χ4v) is 2.59. The van der Waals surface area contributed by atoms with Crippen LogP contribution in [0, 0.1) is 5.82 Å². The van der Waals surface area contributed by atoms with Crippen LogP contribution in [0.25, 0.3) is 10.1 Å². The summed E-state index contributed by atoms with van der Waals surface area (Å²) in [5.74, 6) is -0.361. The highest BCUT2D eigenvalue weighted by Gasteiger charge is 2.05. The summed E-state index contributed by atoms with van der Waals surface area (Å²) in [7, 11) is 0. The van der Waals surface area contributed by atoms with E-state index in [0.29, 0.717) is 10.9 Å². The molecule has 0 saturated carbocycles. The van der Waals surface area contributed by atoms with Crippen LogP contribution in [0.3, 0.4) is 0 Å². The first-order chi connectivity index (χ1) is 9.25. The Morgan fingerprint density at radius 3 is 2.63 bits per heavy atom. The molecule has 3 nitrogen and oxygen atoms in total. The summed E-state index contributed by atoms with van der Waals surface area (Å²) >= 11 is 1.23. The molecular formula is C14H9FN2OS. The van der Waals surface area contributed by atoms with Crippen molar-refractivity contribution in [2.75, 3.05) is 0 Å². The quantitative estimate of drug-likeness (QED) is 0.660. The topological polar surface area (TPSA) is 34.4 Å². The standard InChI is InChI=1S/C14H9FN2OS/c15-12-7-3-1-5-10(12)9-16-17-14(18)11-6-2-4-8-13(11)19-17/h1-9H/b16-9+. The molecular weight excluding hydrogens is 263 g/mol. The molecule has 0 atom stereocenters. The number of rotatable bonds is 2. The van der Waals surface area contributed by atoms with E-state index < -0.39 is 0 Å². The Hall–Kier alpha value is -2.27. The molecule has 0 amide bonds. The molecule has 0 bridgehead atoms. The summed E-state index contributed by atoms with van der Waals surface area (Å²) < 4.78 is 15.5. The van der Waals surface area contributed by atoms with E-state index >= 15 is 0 Å². The summed E-state index contributed by atoms with van der Waals surface area (Å²) in [5, 5.41) is 4.66. The fourth-order valence-electron chi connectivity index (χ4n) is 1.73. The number of hydrogen-bond acceptors (Lipinski definition) is 3. The van der Waals surface area contributed by atoms with Gasteiger partial charge in [0.05, 0.1) is 16.3 Å². The molecule has 19 heavy (non-hydrogen) atoms. The lowest BCUT2D eigenvalue weighted by atomic mass is 10.2. The molecule has 0 radical (unpaired) electrons. The molecule has 0 aliphatic rings. The first-order valence-corrected chi connectivity index (χ1v) is 6.43. The van der Waals surface area contributed by atoms with Gasteiger partial charge in [-0.15, -0.1) is 4.07 Å².